The van der Waals surface area contributed by atoms with Crippen LogP contribution in [0.2, 0.25) is 0 Å². The molecule has 0 aliphatic heterocycles. The number of nitrogens with zero attached hydrogens (tertiary/aromatic N) is 1. The number of hydrogen-bond donors (Lipinski definition) is 0. The fraction of sp³-hybridized carbons (Fsp3) is 0.625. The summed E-state index contributed by atoms with van der Waals surface area (Å²) >= 11 is 0. The molecule has 0 spiro atoms. The SMILES string of the molecule is CC(C)(C)[C@H]1CC[C@H](OS(=O)(=O)c2cccc([N+](=O)[O-])c2)CC1. The van der Waals surface area contributed by atoms with E-state index in [0.29, 0.717) is 18.8 Å². The van der Waals surface area contributed by atoms with Gasteiger partial charge in [-0.15, -0.1) is 0 Å². The van der Waals surface area contributed by atoms with Gasteiger partial charge < -0.3 is 0 Å². The lowest BCUT2D eigenvalue weighted by molar-refractivity contribution is -0.385. The molecule has 1 aliphatic rings. The summed E-state index contributed by atoms with van der Waals surface area (Å²) in [7, 11) is -3.97. The molecule has 7 heteroatoms. The Labute approximate surface area is 137 Å². The number of hydrogen-bond acceptors (Lipinski definition) is 5. The Bertz CT molecular complexity index is 670. The van der Waals surface area contributed by atoms with Crippen molar-refractivity contribution in [2.75, 3.05) is 0 Å². The topological polar surface area (TPSA) is 86.5 Å². The summed E-state index contributed by atoms with van der Waals surface area (Å²) in [5.74, 6) is 0.558. The minimum atomic E-state index is -3.97. The Balaban J connectivity index is 2.05. The monoisotopic (exact) mass is 341 g/mol. The van der Waals surface area contributed by atoms with Crippen molar-refractivity contribution in [1.82, 2.24) is 0 Å². The quantitative estimate of drug-likeness (QED) is 0.471. The van der Waals surface area contributed by atoms with E-state index in [1.165, 1.54) is 18.2 Å². The highest BCUT2D eigenvalue weighted by Gasteiger charge is 2.32. The fourth-order valence-electron chi connectivity index (χ4n) is 3.01. The van der Waals surface area contributed by atoms with Gasteiger partial charge in [0.05, 0.1) is 11.0 Å². The molecule has 0 atom stereocenters. The van der Waals surface area contributed by atoms with Crippen LogP contribution in [0.1, 0.15) is 46.5 Å². The number of non-ortho nitro benzene ring substituents is 1. The van der Waals surface area contributed by atoms with Gasteiger partial charge >= 0.3 is 0 Å². The van der Waals surface area contributed by atoms with Gasteiger partial charge in [-0.1, -0.05) is 26.8 Å². The molecule has 1 saturated carbocycles. The van der Waals surface area contributed by atoms with E-state index < -0.39 is 15.0 Å². The second-order valence-corrected chi connectivity index (χ2v) is 8.72. The van der Waals surface area contributed by atoms with Crippen LogP contribution in [0.25, 0.3) is 0 Å². The molecule has 0 N–H and O–H groups in total. The van der Waals surface area contributed by atoms with E-state index in [2.05, 4.69) is 20.8 Å². The van der Waals surface area contributed by atoms with E-state index in [1.807, 2.05) is 0 Å². The molecule has 0 radical (unpaired) electrons. The zero-order valence-corrected chi connectivity index (χ0v) is 14.5. The van der Waals surface area contributed by atoms with Gasteiger partial charge in [-0.2, -0.15) is 8.42 Å². The van der Waals surface area contributed by atoms with Gasteiger partial charge in [0.15, 0.2) is 0 Å². The van der Waals surface area contributed by atoms with Crippen molar-refractivity contribution in [3.8, 4) is 0 Å². The standard InChI is InChI=1S/C16H23NO5S/c1-16(2,3)12-7-9-14(10-8-12)22-23(20,21)15-6-4-5-13(11-15)17(18)19/h4-6,11-12,14H,7-10H2,1-3H3/t12-,14-. The zero-order valence-electron chi connectivity index (χ0n) is 13.7. The maximum atomic E-state index is 12.3. The van der Waals surface area contributed by atoms with Crippen molar-refractivity contribution in [2.24, 2.45) is 11.3 Å². The van der Waals surface area contributed by atoms with Crippen LogP contribution >= 0.6 is 0 Å². The highest BCUT2D eigenvalue weighted by Crippen LogP contribution is 2.39. The molecular formula is C16H23NO5S. The molecule has 0 unspecified atom stereocenters. The van der Waals surface area contributed by atoms with Crippen LogP contribution in [0.3, 0.4) is 0 Å². The average molecular weight is 341 g/mol. The first-order valence-corrected chi connectivity index (χ1v) is 9.18. The van der Waals surface area contributed by atoms with Crippen molar-refractivity contribution < 1.29 is 17.5 Å². The van der Waals surface area contributed by atoms with Crippen molar-refractivity contribution in [1.29, 1.82) is 0 Å². The van der Waals surface area contributed by atoms with Crippen LogP contribution in [0, 0.1) is 21.4 Å². The molecule has 6 nitrogen and oxygen atoms in total. The normalized spacial score (nSPS) is 22.7. The van der Waals surface area contributed by atoms with Crippen molar-refractivity contribution >= 4 is 15.8 Å². The third kappa shape index (κ3) is 4.51. The average Bonchev–Trinajstić information content (AvgIpc) is 2.46. The van der Waals surface area contributed by atoms with E-state index in [1.54, 1.807) is 0 Å². The molecule has 0 aromatic heterocycles. The first-order chi connectivity index (χ1) is 10.6. The summed E-state index contributed by atoms with van der Waals surface area (Å²) in [6.45, 7) is 6.58. The van der Waals surface area contributed by atoms with E-state index in [0.717, 1.165) is 18.9 Å². The van der Waals surface area contributed by atoms with Crippen LogP contribution in [-0.2, 0) is 14.3 Å². The summed E-state index contributed by atoms with van der Waals surface area (Å²) < 4.78 is 29.9. The predicted molar refractivity (Wildman–Crippen MR) is 86.6 cm³/mol. The van der Waals surface area contributed by atoms with Crippen LogP contribution in [0.4, 0.5) is 5.69 Å². The van der Waals surface area contributed by atoms with Crippen molar-refractivity contribution in [2.45, 2.75) is 57.5 Å². The molecular weight excluding hydrogens is 318 g/mol. The maximum absolute atomic E-state index is 12.3. The molecule has 23 heavy (non-hydrogen) atoms. The van der Waals surface area contributed by atoms with Gasteiger partial charge in [0.2, 0.25) is 0 Å². The van der Waals surface area contributed by atoms with Gasteiger partial charge in [-0.05, 0) is 43.1 Å². The highest BCUT2D eigenvalue weighted by atomic mass is 32.2. The van der Waals surface area contributed by atoms with Gasteiger partial charge in [0.1, 0.15) is 4.90 Å². The van der Waals surface area contributed by atoms with E-state index in [-0.39, 0.29) is 22.1 Å². The molecule has 1 aliphatic carbocycles. The van der Waals surface area contributed by atoms with Crippen LogP contribution in [0.15, 0.2) is 29.2 Å². The molecule has 0 heterocycles. The van der Waals surface area contributed by atoms with Crippen molar-refractivity contribution in [3.63, 3.8) is 0 Å². The number of nitro groups is 1. The number of benzene rings is 1. The summed E-state index contributed by atoms with van der Waals surface area (Å²) in [5.41, 5.74) is -0.0460. The lowest BCUT2D eigenvalue weighted by Crippen LogP contribution is -2.30. The fourth-order valence-corrected chi connectivity index (χ4v) is 4.18. The molecule has 1 aromatic carbocycles. The van der Waals surface area contributed by atoms with E-state index in [9.17, 15) is 18.5 Å². The molecule has 2 rings (SSSR count). The van der Waals surface area contributed by atoms with Crippen molar-refractivity contribution in [3.05, 3.63) is 34.4 Å². The van der Waals surface area contributed by atoms with E-state index >= 15 is 0 Å². The van der Waals surface area contributed by atoms with Gasteiger partial charge in [-0.3, -0.25) is 14.3 Å². The first kappa shape index (κ1) is 17.9. The first-order valence-electron chi connectivity index (χ1n) is 7.77. The lowest BCUT2D eigenvalue weighted by Gasteiger charge is -2.36. The predicted octanol–water partition coefficient (Wildman–Crippen LogP) is 3.91. The highest BCUT2D eigenvalue weighted by molar-refractivity contribution is 7.86. The van der Waals surface area contributed by atoms with Gasteiger partial charge in [0, 0.05) is 12.1 Å². The second kappa shape index (κ2) is 6.57. The number of rotatable bonds is 4. The summed E-state index contributed by atoms with van der Waals surface area (Å²) in [5, 5.41) is 10.8. The minimum Gasteiger partial charge on any atom is -0.263 e. The maximum Gasteiger partial charge on any atom is 0.297 e. The Kier molecular flexibility index (Phi) is 5.10. The van der Waals surface area contributed by atoms with E-state index in [4.69, 9.17) is 4.18 Å². The molecule has 1 fully saturated rings. The van der Waals surface area contributed by atoms with Crippen LogP contribution < -0.4 is 0 Å². The number of nitro benzene ring substituents is 1. The Morgan fingerprint density at radius 1 is 1.17 bits per heavy atom. The third-order valence-electron chi connectivity index (χ3n) is 4.48. The second-order valence-electron chi connectivity index (χ2n) is 7.14. The Morgan fingerprint density at radius 3 is 2.30 bits per heavy atom. The van der Waals surface area contributed by atoms with Crippen LogP contribution in [-0.4, -0.2) is 19.4 Å². The Morgan fingerprint density at radius 2 is 1.78 bits per heavy atom. The largest absolute Gasteiger partial charge is 0.297 e. The molecule has 0 bridgehead atoms. The Hall–Kier alpha value is -1.47. The summed E-state index contributed by atoms with van der Waals surface area (Å²) in [6, 6.07) is 4.97. The molecule has 1 aromatic rings. The lowest BCUT2D eigenvalue weighted by atomic mass is 9.72. The summed E-state index contributed by atoms with van der Waals surface area (Å²) in [4.78, 5) is 9.99. The summed E-state index contributed by atoms with van der Waals surface area (Å²) in [6.07, 6.45) is 2.89. The zero-order chi connectivity index (χ0) is 17.3. The van der Waals surface area contributed by atoms with Gasteiger partial charge in [-0.25, -0.2) is 0 Å². The molecule has 128 valence electrons. The third-order valence-corrected chi connectivity index (χ3v) is 5.84. The molecule has 0 amide bonds. The van der Waals surface area contributed by atoms with Crippen LogP contribution in [0.5, 0.6) is 0 Å². The van der Waals surface area contributed by atoms with Gasteiger partial charge in [0.25, 0.3) is 15.8 Å². The minimum absolute atomic E-state index is 0.162. The molecule has 0 saturated heterocycles. The smallest absolute Gasteiger partial charge is 0.263 e.